The van der Waals surface area contributed by atoms with E-state index in [4.69, 9.17) is 23.2 Å². The molecule has 3 rings (SSSR count). The Kier molecular flexibility index (Phi) is 9.87. The van der Waals surface area contributed by atoms with Crippen LogP contribution in [0, 0.1) is 12.7 Å². The van der Waals surface area contributed by atoms with Crippen LogP contribution in [0.4, 0.5) is 10.1 Å². The molecule has 0 aliphatic heterocycles. The summed E-state index contributed by atoms with van der Waals surface area (Å²) in [6.45, 7) is 8.15. The molecule has 3 aromatic rings. The maximum Gasteiger partial charge on any atom is 0.264 e. The summed E-state index contributed by atoms with van der Waals surface area (Å²) < 4.78 is 42.0. The molecule has 3 aromatic carbocycles. The lowest BCUT2D eigenvalue weighted by Gasteiger charge is -2.33. The molecule has 0 bridgehead atoms. The molecule has 1 atom stereocenters. The molecule has 2 amide bonds. The molecule has 0 aromatic heterocycles. The highest BCUT2D eigenvalue weighted by Crippen LogP contribution is 2.27. The number of halogens is 3. The van der Waals surface area contributed by atoms with Gasteiger partial charge in [-0.05, 0) is 88.7 Å². The van der Waals surface area contributed by atoms with Crippen LogP contribution >= 0.6 is 23.2 Å². The summed E-state index contributed by atoms with van der Waals surface area (Å²) >= 11 is 12.4. The summed E-state index contributed by atoms with van der Waals surface area (Å²) in [6.07, 6.45) is 0. The van der Waals surface area contributed by atoms with E-state index in [1.807, 2.05) is 27.7 Å². The number of hydrogen-bond donors (Lipinski definition) is 1. The molecule has 0 spiro atoms. The van der Waals surface area contributed by atoms with E-state index in [1.165, 1.54) is 11.0 Å². The fraction of sp³-hybridized carbons (Fsp3) is 0.310. The molecule has 0 radical (unpaired) electrons. The summed E-state index contributed by atoms with van der Waals surface area (Å²) in [4.78, 5) is 28.2. The van der Waals surface area contributed by atoms with Crippen molar-refractivity contribution in [1.82, 2.24) is 10.2 Å². The first-order valence-electron chi connectivity index (χ1n) is 12.5. The minimum Gasteiger partial charge on any atom is -0.350 e. The van der Waals surface area contributed by atoms with Gasteiger partial charge in [-0.2, -0.15) is 0 Å². The third-order valence-corrected chi connectivity index (χ3v) is 8.40. The number of carbonyl (C=O) groups is 2. The van der Waals surface area contributed by atoms with Crippen molar-refractivity contribution in [3.05, 3.63) is 93.7 Å². The molecule has 0 saturated heterocycles. The van der Waals surface area contributed by atoms with Gasteiger partial charge >= 0.3 is 0 Å². The van der Waals surface area contributed by atoms with Gasteiger partial charge in [-0.3, -0.25) is 13.9 Å². The second kappa shape index (κ2) is 12.6. The van der Waals surface area contributed by atoms with Crippen molar-refractivity contribution in [2.45, 2.75) is 57.6 Å². The summed E-state index contributed by atoms with van der Waals surface area (Å²) in [7, 11) is -4.30. The third kappa shape index (κ3) is 7.96. The molecule has 0 unspecified atom stereocenters. The lowest BCUT2D eigenvalue weighted by molar-refractivity contribution is -0.140. The zero-order valence-corrected chi connectivity index (χ0v) is 25.2. The van der Waals surface area contributed by atoms with Gasteiger partial charge in [0.1, 0.15) is 18.4 Å². The zero-order valence-electron chi connectivity index (χ0n) is 22.9. The van der Waals surface area contributed by atoms with E-state index in [0.29, 0.717) is 15.6 Å². The maximum atomic E-state index is 13.9. The van der Waals surface area contributed by atoms with Crippen LogP contribution in [0.5, 0.6) is 0 Å². The number of benzene rings is 3. The monoisotopic (exact) mass is 607 g/mol. The van der Waals surface area contributed by atoms with Crippen molar-refractivity contribution in [3.63, 3.8) is 0 Å². The smallest absolute Gasteiger partial charge is 0.264 e. The molecule has 0 fully saturated rings. The van der Waals surface area contributed by atoms with Crippen LogP contribution in [0.15, 0.2) is 71.6 Å². The van der Waals surface area contributed by atoms with Crippen LogP contribution in [0.1, 0.15) is 38.8 Å². The lowest BCUT2D eigenvalue weighted by Crippen LogP contribution is -2.54. The number of rotatable bonds is 9. The predicted octanol–water partition coefficient (Wildman–Crippen LogP) is 5.97. The van der Waals surface area contributed by atoms with Gasteiger partial charge in [0.15, 0.2) is 0 Å². The lowest BCUT2D eigenvalue weighted by atomic mass is 10.1. The van der Waals surface area contributed by atoms with E-state index in [1.54, 1.807) is 43.3 Å². The molecule has 0 aliphatic rings. The predicted molar refractivity (Wildman–Crippen MR) is 156 cm³/mol. The Morgan fingerprint density at radius 2 is 1.57 bits per heavy atom. The van der Waals surface area contributed by atoms with Crippen LogP contribution in [0.3, 0.4) is 0 Å². The number of anilines is 1. The molecule has 1 N–H and O–H groups in total. The summed E-state index contributed by atoms with van der Waals surface area (Å²) in [5.74, 6) is -1.66. The molecule has 0 saturated carbocycles. The Balaban J connectivity index is 2.05. The second-order valence-corrected chi connectivity index (χ2v) is 13.2. The summed E-state index contributed by atoms with van der Waals surface area (Å²) in [6, 6.07) is 14.8. The minimum absolute atomic E-state index is 0.0775. The highest BCUT2D eigenvalue weighted by atomic mass is 35.5. The van der Waals surface area contributed by atoms with Crippen molar-refractivity contribution in [2.24, 2.45) is 0 Å². The van der Waals surface area contributed by atoms with Gasteiger partial charge < -0.3 is 10.2 Å². The SMILES string of the molecule is Cc1ccc(N(CC(=O)N(Cc2ccc(Cl)cc2Cl)[C@@H](C)C(=O)NC(C)(C)C)S(=O)(=O)c2ccc(F)cc2)cc1. The van der Waals surface area contributed by atoms with E-state index in [0.717, 1.165) is 34.1 Å². The molecule has 0 aliphatic carbocycles. The molecule has 40 heavy (non-hydrogen) atoms. The average Bonchev–Trinajstić information content (AvgIpc) is 2.86. The highest BCUT2D eigenvalue weighted by molar-refractivity contribution is 7.92. The number of sulfonamides is 1. The van der Waals surface area contributed by atoms with Crippen molar-refractivity contribution < 1.29 is 22.4 Å². The molecular formula is C29H32Cl2FN3O4S. The number of aryl methyl sites for hydroxylation is 1. The van der Waals surface area contributed by atoms with Gasteiger partial charge in [0.05, 0.1) is 10.6 Å². The maximum absolute atomic E-state index is 13.9. The summed E-state index contributed by atoms with van der Waals surface area (Å²) in [5, 5.41) is 3.56. The average molecular weight is 609 g/mol. The van der Waals surface area contributed by atoms with Crippen LogP contribution in [-0.4, -0.2) is 43.3 Å². The molecule has 7 nitrogen and oxygen atoms in total. The first-order valence-corrected chi connectivity index (χ1v) is 14.7. The van der Waals surface area contributed by atoms with Crippen molar-refractivity contribution in [1.29, 1.82) is 0 Å². The van der Waals surface area contributed by atoms with Crippen LogP contribution in [-0.2, 0) is 26.2 Å². The van der Waals surface area contributed by atoms with E-state index in [9.17, 15) is 22.4 Å². The van der Waals surface area contributed by atoms with Crippen molar-refractivity contribution in [2.75, 3.05) is 10.8 Å². The number of carbonyl (C=O) groups excluding carboxylic acids is 2. The summed E-state index contributed by atoms with van der Waals surface area (Å²) in [5.41, 5.74) is 1.08. The van der Waals surface area contributed by atoms with Gasteiger partial charge in [0, 0.05) is 22.1 Å². The van der Waals surface area contributed by atoms with Crippen LogP contribution < -0.4 is 9.62 Å². The van der Waals surface area contributed by atoms with Crippen molar-refractivity contribution >= 4 is 50.7 Å². The van der Waals surface area contributed by atoms with E-state index >= 15 is 0 Å². The topological polar surface area (TPSA) is 86.8 Å². The van der Waals surface area contributed by atoms with Crippen LogP contribution in [0.25, 0.3) is 0 Å². The van der Waals surface area contributed by atoms with Gasteiger partial charge in [-0.25, -0.2) is 12.8 Å². The Labute approximate surface area is 244 Å². The normalized spacial score (nSPS) is 12.5. The number of hydrogen-bond acceptors (Lipinski definition) is 4. The van der Waals surface area contributed by atoms with Gasteiger partial charge in [-0.15, -0.1) is 0 Å². The zero-order chi connectivity index (χ0) is 29.8. The number of amides is 2. The third-order valence-electron chi connectivity index (χ3n) is 6.02. The quantitative estimate of drug-likeness (QED) is 0.325. The fourth-order valence-electron chi connectivity index (χ4n) is 3.86. The van der Waals surface area contributed by atoms with E-state index < -0.39 is 45.8 Å². The number of nitrogens with one attached hydrogen (secondary N) is 1. The second-order valence-electron chi connectivity index (χ2n) is 10.5. The van der Waals surface area contributed by atoms with E-state index in [2.05, 4.69) is 5.32 Å². The Morgan fingerprint density at radius 1 is 0.975 bits per heavy atom. The number of nitrogens with zero attached hydrogens (tertiary/aromatic N) is 2. The molecule has 214 valence electrons. The largest absolute Gasteiger partial charge is 0.350 e. The first-order chi connectivity index (χ1) is 18.6. The molecular weight excluding hydrogens is 576 g/mol. The fourth-order valence-corrected chi connectivity index (χ4v) is 5.75. The standard InChI is InChI=1S/C29H32Cl2FN3O4S/c1-19-6-12-24(13-7-19)35(40(38,39)25-14-10-23(32)11-15-25)18-27(36)34(20(2)28(37)33-29(3,4)5)17-21-8-9-22(30)16-26(21)31/h6-16,20H,17-18H2,1-5H3,(H,33,37)/t20-/m0/s1. The van der Waals surface area contributed by atoms with Gasteiger partial charge in [0.25, 0.3) is 10.0 Å². The molecule has 0 heterocycles. The molecule has 11 heteroatoms. The van der Waals surface area contributed by atoms with Crippen molar-refractivity contribution in [3.8, 4) is 0 Å². The minimum atomic E-state index is -4.30. The Bertz CT molecular complexity index is 1470. The highest BCUT2D eigenvalue weighted by Gasteiger charge is 2.33. The van der Waals surface area contributed by atoms with Crippen LogP contribution in [0.2, 0.25) is 10.0 Å². The van der Waals surface area contributed by atoms with Gasteiger partial charge in [-0.1, -0.05) is 47.0 Å². The first kappa shape index (κ1) is 31.4. The Hall–Kier alpha value is -3.14. The Morgan fingerprint density at radius 3 is 2.12 bits per heavy atom. The van der Waals surface area contributed by atoms with E-state index in [-0.39, 0.29) is 17.1 Å². The van der Waals surface area contributed by atoms with Gasteiger partial charge in [0.2, 0.25) is 11.8 Å².